The fourth-order valence-electron chi connectivity index (χ4n) is 2.96. The van der Waals surface area contributed by atoms with Gasteiger partial charge >= 0.3 is 6.03 Å². The molecule has 1 unspecified atom stereocenters. The third kappa shape index (κ3) is 4.79. The van der Waals surface area contributed by atoms with Crippen molar-refractivity contribution in [1.29, 1.82) is 0 Å². The molecule has 2 N–H and O–H groups in total. The summed E-state index contributed by atoms with van der Waals surface area (Å²) in [6, 6.07) is 7.23. The number of benzene rings is 1. The van der Waals surface area contributed by atoms with E-state index in [9.17, 15) is 14.0 Å². The van der Waals surface area contributed by atoms with Crippen molar-refractivity contribution in [3.8, 4) is 0 Å². The van der Waals surface area contributed by atoms with E-state index in [2.05, 4.69) is 10.6 Å². The first-order valence-electron chi connectivity index (χ1n) is 8.24. The molecule has 1 aliphatic heterocycles. The quantitative estimate of drug-likeness (QED) is 0.875. The highest BCUT2D eigenvalue weighted by Gasteiger charge is 2.24. The number of nitrogens with one attached hydrogen (secondary N) is 2. The summed E-state index contributed by atoms with van der Waals surface area (Å²) < 4.78 is 13.1. The van der Waals surface area contributed by atoms with Crippen LogP contribution in [0.3, 0.4) is 0 Å². The lowest BCUT2D eigenvalue weighted by Gasteiger charge is -2.32. The summed E-state index contributed by atoms with van der Waals surface area (Å²) in [7, 11) is 0. The minimum atomic E-state index is -0.396. The molecule has 0 saturated carbocycles. The minimum Gasteiger partial charge on any atom is -0.338 e. The van der Waals surface area contributed by atoms with Crippen LogP contribution in [0.5, 0.6) is 0 Å². The molecule has 2 aromatic rings. The monoisotopic (exact) mass is 361 g/mol. The molecule has 0 radical (unpaired) electrons. The molecule has 0 aliphatic carbocycles. The van der Waals surface area contributed by atoms with Gasteiger partial charge in [0.05, 0.1) is 5.56 Å². The highest BCUT2D eigenvalue weighted by atomic mass is 32.1. The highest BCUT2D eigenvalue weighted by molar-refractivity contribution is 7.08. The summed E-state index contributed by atoms with van der Waals surface area (Å²) in [4.78, 5) is 26.2. The predicted molar refractivity (Wildman–Crippen MR) is 96.4 cm³/mol. The zero-order valence-corrected chi connectivity index (χ0v) is 14.5. The van der Waals surface area contributed by atoms with Gasteiger partial charge < -0.3 is 15.5 Å². The molecule has 0 spiro atoms. The van der Waals surface area contributed by atoms with Gasteiger partial charge in [-0.3, -0.25) is 4.79 Å². The Morgan fingerprint density at radius 1 is 1.32 bits per heavy atom. The van der Waals surface area contributed by atoms with Crippen molar-refractivity contribution in [2.75, 3.05) is 25.0 Å². The van der Waals surface area contributed by atoms with Crippen LogP contribution in [0.2, 0.25) is 0 Å². The first-order chi connectivity index (χ1) is 12.1. The molecule has 7 heteroatoms. The fourth-order valence-corrected chi connectivity index (χ4v) is 3.59. The van der Waals surface area contributed by atoms with Crippen molar-refractivity contribution in [1.82, 2.24) is 10.2 Å². The van der Waals surface area contributed by atoms with Gasteiger partial charge in [0.1, 0.15) is 5.82 Å². The number of nitrogens with zero attached hydrogens (tertiary/aromatic N) is 1. The van der Waals surface area contributed by atoms with Gasteiger partial charge in [0, 0.05) is 30.7 Å². The molecule has 132 valence electrons. The van der Waals surface area contributed by atoms with E-state index in [-0.39, 0.29) is 17.9 Å². The summed E-state index contributed by atoms with van der Waals surface area (Å²) in [5, 5.41) is 9.17. The molecule has 1 aromatic carbocycles. The van der Waals surface area contributed by atoms with Crippen LogP contribution < -0.4 is 10.6 Å². The number of carbonyl (C=O) groups excluding carboxylic acids is 2. The minimum absolute atomic E-state index is 0.0511. The smallest absolute Gasteiger partial charge is 0.319 e. The molecule has 1 fully saturated rings. The van der Waals surface area contributed by atoms with Crippen molar-refractivity contribution >= 4 is 29.0 Å². The van der Waals surface area contributed by atoms with E-state index >= 15 is 0 Å². The molecule has 25 heavy (non-hydrogen) atoms. The van der Waals surface area contributed by atoms with Crippen molar-refractivity contribution in [2.45, 2.75) is 12.8 Å². The Bertz CT molecular complexity index is 736. The number of urea groups is 1. The second-order valence-corrected chi connectivity index (χ2v) is 6.90. The molecule has 3 amide bonds. The number of carbonyl (C=O) groups is 2. The molecule has 3 rings (SSSR count). The van der Waals surface area contributed by atoms with Crippen molar-refractivity contribution < 1.29 is 14.0 Å². The van der Waals surface area contributed by atoms with Gasteiger partial charge in [0.25, 0.3) is 5.91 Å². The molecule has 1 aromatic heterocycles. The van der Waals surface area contributed by atoms with Gasteiger partial charge in [0.15, 0.2) is 0 Å². The predicted octanol–water partition coefficient (Wildman–Crippen LogP) is 3.56. The number of thiophene rings is 1. The third-order valence-electron chi connectivity index (χ3n) is 4.21. The lowest BCUT2D eigenvalue weighted by molar-refractivity contribution is 0.0675. The number of rotatable bonds is 4. The van der Waals surface area contributed by atoms with Crippen LogP contribution in [0.1, 0.15) is 23.2 Å². The van der Waals surface area contributed by atoms with E-state index in [1.54, 1.807) is 12.1 Å². The SMILES string of the molecule is O=C(NCC1CCCN(C(=O)c2ccsc2)C1)Nc1cccc(F)c1. The molecule has 5 nitrogen and oxygen atoms in total. The molecular weight excluding hydrogens is 341 g/mol. The number of hydrogen-bond acceptors (Lipinski definition) is 3. The summed E-state index contributed by atoms with van der Waals surface area (Å²) in [6.45, 7) is 1.87. The Morgan fingerprint density at radius 3 is 2.96 bits per heavy atom. The van der Waals surface area contributed by atoms with Gasteiger partial charge in [-0.2, -0.15) is 11.3 Å². The maximum Gasteiger partial charge on any atom is 0.319 e. The second-order valence-electron chi connectivity index (χ2n) is 6.12. The molecule has 1 aliphatic rings. The Hall–Kier alpha value is -2.41. The van der Waals surface area contributed by atoms with Crippen LogP contribution in [0, 0.1) is 11.7 Å². The lowest BCUT2D eigenvalue weighted by atomic mass is 9.97. The van der Waals surface area contributed by atoms with Crippen LogP contribution in [-0.2, 0) is 0 Å². The normalized spacial score (nSPS) is 17.2. The van der Waals surface area contributed by atoms with Crippen LogP contribution in [0.25, 0.3) is 0 Å². The topological polar surface area (TPSA) is 61.4 Å². The van der Waals surface area contributed by atoms with E-state index in [4.69, 9.17) is 0 Å². The van der Waals surface area contributed by atoms with E-state index in [1.807, 2.05) is 21.7 Å². The number of halogens is 1. The van der Waals surface area contributed by atoms with Crippen molar-refractivity contribution in [3.63, 3.8) is 0 Å². The maximum atomic E-state index is 13.1. The van der Waals surface area contributed by atoms with E-state index in [0.29, 0.717) is 18.8 Å². The zero-order valence-electron chi connectivity index (χ0n) is 13.7. The zero-order chi connectivity index (χ0) is 17.6. The van der Waals surface area contributed by atoms with Crippen LogP contribution >= 0.6 is 11.3 Å². The number of anilines is 1. The van der Waals surface area contributed by atoms with Gasteiger partial charge in [0.2, 0.25) is 0 Å². The molecule has 2 heterocycles. The standard InChI is InChI=1S/C18H20FN3O2S/c19-15-4-1-5-16(9-15)21-18(24)20-10-13-3-2-7-22(11-13)17(23)14-6-8-25-12-14/h1,4-6,8-9,12-13H,2-3,7,10-11H2,(H2,20,21,24). The van der Waals surface area contributed by atoms with Crippen molar-refractivity contribution in [2.24, 2.45) is 5.92 Å². The molecular formula is C18H20FN3O2S. The summed E-state index contributed by atoms with van der Waals surface area (Å²) in [5.74, 6) is -0.127. The molecule has 1 atom stereocenters. The number of hydrogen-bond donors (Lipinski definition) is 2. The lowest BCUT2D eigenvalue weighted by Crippen LogP contribution is -2.44. The second kappa shape index (κ2) is 8.11. The largest absolute Gasteiger partial charge is 0.338 e. The number of amides is 3. The van der Waals surface area contributed by atoms with Gasteiger partial charge in [-0.1, -0.05) is 6.07 Å². The summed E-state index contributed by atoms with van der Waals surface area (Å²) >= 11 is 1.51. The fraction of sp³-hybridized carbons (Fsp3) is 0.333. The first-order valence-corrected chi connectivity index (χ1v) is 9.18. The Labute approximate surface area is 149 Å². The van der Waals surface area contributed by atoms with Crippen LogP contribution in [0.15, 0.2) is 41.1 Å². The molecule has 1 saturated heterocycles. The van der Waals surface area contributed by atoms with E-state index in [0.717, 1.165) is 24.9 Å². The van der Waals surface area contributed by atoms with E-state index in [1.165, 1.54) is 23.5 Å². The van der Waals surface area contributed by atoms with E-state index < -0.39 is 5.82 Å². The Balaban J connectivity index is 1.48. The third-order valence-corrected chi connectivity index (χ3v) is 4.89. The Morgan fingerprint density at radius 2 is 2.20 bits per heavy atom. The average Bonchev–Trinajstić information content (AvgIpc) is 3.14. The van der Waals surface area contributed by atoms with Crippen molar-refractivity contribution in [3.05, 3.63) is 52.5 Å². The van der Waals surface area contributed by atoms with Crippen LogP contribution in [0.4, 0.5) is 14.9 Å². The highest BCUT2D eigenvalue weighted by Crippen LogP contribution is 2.19. The van der Waals surface area contributed by atoms with Gasteiger partial charge in [-0.05, 0) is 48.4 Å². The molecule has 0 bridgehead atoms. The Kier molecular flexibility index (Phi) is 5.65. The number of piperidine rings is 1. The first kappa shape index (κ1) is 17.4. The number of likely N-dealkylation sites (tertiary alicyclic amines) is 1. The van der Waals surface area contributed by atoms with Crippen LogP contribution in [-0.4, -0.2) is 36.5 Å². The maximum absolute atomic E-state index is 13.1. The average molecular weight is 361 g/mol. The summed E-state index contributed by atoms with van der Waals surface area (Å²) in [6.07, 6.45) is 1.89. The summed E-state index contributed by atoms with van der Waals surface area (Å²) in [5.41, 5.74) is 1.14. The van der Waals surface area contributed by atoms with Gasteiger partial charge in [-0.25, -0.2) is 9.18 Å². The van der Waals surface area contributed by atoms with Gasteiger partial charge in [-0.15, -0.1) is 0 Å².